The molecule has 1 saturated heterocycles. The van der Waals surface area contributed by atoms with Crippen LogP contribution >= 0.6 is 0 Å². The molecule has 1 aliphatic heterocycles. The second-order valence-electron chi connectivity index (χ2n) is 5.77. The van der Waals surface area contributed by atoms with Crippen LogP contribution in [-0.4, -0.2) is 55.8 Å². The zero-order chi connectivity index (χ0) is 14.6. The van der Waals surface area contributed by atoms with E-state index < -0.39 is 10.2 Å². The van der Waals surface area contributed by atoms with E-state index in [4.69, 9.17) is 0 Å². The van der Waals surface area contributed by atoms with Gasteiger partial charge in [0.25, 0.3) is 10.2 Å². The Bertz CT molecular complexity index is 420. The van der Waals surface area contributed by atoms with Crippen molar-refractivity contribution >= 4 is 10.2 Å². The molecule has 0 bridgehead atoms. The summed E-state index contributed by atoms with van der Waals surface area (Å²) in [4.78, 5) is 0. The molecular weight excluding hydrogens is 274 g/mol. The number of rotatable bonds is 8. The normalized spacial score (nSPS) is 25.0. The van der Waals surface area contributed by atoms with E-state index in [2.05, 4.69) is 18.8 Å². The van der Waals surface area contributed by atoms with Crippen LogP contribution in [0.1, 0.15) is 32.6 Å². The molecule has 20 heavy (non-hydrogen) atoms. The Balaban J connectivity index is 2.01. The largest absolute Gasteiger partial charge is 0.317 e. The first-order chi connectivity index (χ1) is 9.59. The summed E-state index contributed by atoms with van der Waals surface area (Å²) in [6.07, 6.45) is 5.74. The minimum absolute atomic E-state index is 0.201. The van der Waals surface area contributed by atoms with E-state index in [0.717, 1.165) is 38.8 Å². The van der Waals surface area contributed by atoms with E-state index in [9.17, 15) is 8.42 Å². The van der Waals surface area contributed by atoms with E-state index in [1.807, 2.05) is 0 Å². The van der Waals surface area contributed by atoms with Gasteiger partial charge in [0.05, 0.1) is 0 Å². The molecule has 1 aliphatic carbocycles. The maximum atomic E-state index is 12.8. The summed E-state index contributed by atoms with van der Waals surface area (Å²) >= 11 is 0. The van der Waals surface area contributed by atoms with Crippen LogP contribution in [0.4, 0.5) is 0 Å². The first-order valence-electron chi connectivity index (χ1n) is 7.68. The van der Waals surface area contributed by atoms with Gasteiger partial charge in [-0.15, -0.1) is 6.58 Å². The molecule has 0 aromatic carbocycles. The predicted octanol–water partition coefficient (Wildman–Crippen LogP) is 1.20. The van der Waals surface area contributed by atoms with Crippen LogP contribution in [0.25, 0.3) is 0 Å². The summed E-state index contributed by atoms with van der Waals surface area (Å²) in [5.74, 6) is 0.434. The van der Waals surface area contributed by atoms with Crippen molar-refractivity contribution in [3.05, 3.63) is 12.7 Å². The number of nitrogens with zero attached hydrogens (tertiary/aromatic N) is 2. The SMILES string of the molecule is C=CCN(C1CC1)S(=O)(=O)N1CCCC(CNCC)C1. The highest BCUT2D eigenvalue weighted by Gasteiger charge is 2.40. The molecule has 0 amide bonds. The smallest absolute Gasteiger partial charge is 0.282 e. The molecule has 0 radical (unpaired) electrons. The molecule has 0 aromatic heterocycles. The highest BCUT2D eigenvalue weighted by molar-refractivity contribution is 7.86. The van der Waals surface area contributed by atoms with Gasteiger partial charge in [0.1, 0.15) is 0 Å². The second-order valence-corrected chi connectivity index (χ2v) is 7.65. The maximum absolute atomic E-state index is 12.8. The third-order valence-electron chi connectivity index (χ3n) is 4.05. The van der Waals surface area contributed by atoms with Crippen LogP contribution in [0, 0.1) is 5.92 Å². The van der Waals surface area contributed by atoms with Crippen molar-refractivity contribution in [3.63, 3.8) is 0 Å². The van der Waals surface area contributed by atoms with Crippen molar-refractivity contribution < 1.29 is 8.42 Å². The number of hydrogen-bond acceptors (Lipinski definition) is 3. The maximum Gasteiger partial charge on any atom is 0.282 e. The second kappa shape index (κ2) is 7.02. The van der Waals surface area contributed by atoms with Crippen molar-refractivity contribution in [2.75, 3.05) is 32.7 Å². The van der Waals surface area contributed by atoms with Gasteiger partial charge >= 0.3 is 0 Å². The van der Waals surface area contributed by atoms with Gasteiger partial charge in [0, 0.05) is 25.7 Å². The Morgan fingerprint density at radius 3 is 2.75 bits per heavy atom. The molecule has 2 rings (SSSR count). The number of piperidine rings is 1. The van der Waals surface area contributed by atoms with Gasteiger partial charge in [0.2, 0.25) is 0 Å². The van der Waals surface area contributed by atoms with Gasteiger partial charge in [0.15, 0.2) is 0 Å². The summed E-state index contributed by atoms with van der Waals surface area (Å²) in [5.41, 5.74) is 0. The third-order valence-corrected chi connectivity index (χ3v) is 6.07. The molecule has 6 heteroatoms. The van der Waals surface area contributed by atoms with Crippen LogP contribution in [-0.2, 0) is 10.2 Å². The lowest BCUT2D eigenvalue weighted by Gasteiger charge is -2.35. The topological polar surface area (TPSA) is 52.7 Å². The highest BCUT2D eigenvalue weighted by Crippen LogP contribution is 2.31. The quantitative estimate of drug-likeness (QED) is 0.686. The third kappa shape index (κ3) is 3.81. The Morgan fingerprint density at radius 1 is 1.40 bits per heavy atom. The van der Waals surface area contributed by atoms with Crippen LogP contribution < -0.4 is 5.32 Å². The molecule has 1 atom stereocenters. The summed E-state index contributed by atoms with van der Waals surface area (Å²) in [6.45, 7) is 9.36. The van der Waals surface area contributed by atoms with Gasteiger partial charge in [-0.3, -0.25) is 0 Å². The van der Waals surface area contributed by atoms with Crippen LogP contribution in [0.3, 0.4) is 0 Å². The zero-order valence-corrected chi connectivity index (χ0v) is 13.2. The molecule has 2 fully saturated rings. The van der Waals surface area contributed by atoms with Crippen molar-refractivity contribution in [3.8, 4) is 0 Å². The van der Waals surface area contributed by atoms with E-state index in [1.54, 1.807) is 14.7 Å². The van der Waals surface area contributed by atoms with E-state index in [-0.39, 0.29) is 6.04 Å². The molecule has 1 unspecified atom stereocenters. The molecule has 0 spiro atoms. The standard InChI is InChI=1S/C14H27N3O2S/c1-3-9-17(14-7-8-14)20(18,19)16-10-5-6-13(12-16)11-15-4-2/h3,13-15H,1,4-12H2,2H3. The van der Waals surface area contributed by atoms with E-state index >= 15 is 0 Å². The van der Waals surface area contributed by atoms with Crippen LogP contribution in [0.2, 0.25) is 0 Å². The van der Waals surface area contributed by atoms with E-state index in [0.29, 0.717) is 25.6 Å². The van der Waals surface area contributed by atoms with Gasteiger partial charge in [-0.2, -0.15) is 17.0 Å². The zero-order valence-electron chi connectivity index (χ0n) is 12.4. The molecule has 5 nitrogen and oxygen atoms in total. The van der Waals surface area contributed by atoms with Crippen molar-refractivity contribution in [2.45, 2.75) is 38.6 Å². The number of nitrogens with one attached hydrogen (secondary N) is 1. The van der Waals surface area contributed by atoms with Gasteiger partial charge in [-0.05, 0) is 44.7 Å². The Morgan fingerprint density at radius 2 is 2.15 bits per heavy atom. The van der Waals surface area contributed by atoms with Crippen LogP contribution in [0.15, 0.2) is 12.7 Å². The average Bonchev–Trinajstić information content (AvgIpc) is 3.27. The molecule has 1 saturated carbocycles. The minimum Gasteiger partial charge on any atom is -0.317 e. The summed E-state index contributed by atoms with van der Waals surface area (Å²) in [7, 11) is -3.31. The fourth-order valence-corrected chi connectivity index (χ4v) is 4.76. The first-order valence-corrected chi connectivity index (χ1v) is 9.07. The highest BCUT2D eigenvalue weighted by atomic mass is 32.2. The van der Waals surface area contributed by atoms with Crippen molar-refractivity contribution in [1.29, 1.82) is 0 Å². The summed E-state index contributed by atoms with van der Waals surface area (Å²) < 4.78 is 28.8. The van der Waals surface area contributed by atoms with Crippen LogP contribution in [0.5, 0.6) is 0 Å². The molecule has 1 N–H and O–H groups in total. The van der Waals surface area contributed by atoms with E-state index in [1.165, 1.54) is 0 Å². The molecule has 0 aromatic rings. The predicted molar refractivity (Wildman–Crippen MR) is 81.7 cm³/mol. The van der Waals surface area contributed by atoms with Gasteiger partial charge in [-0.25, -0.2) is 0 Å². The molecule has 116 valence electrons. The lowest BCUT2D eigenvalue weighted by Crippen LogP contribution is -2.50. The summed E-state index contributed by atoms with van der Waals surface area (Å²) in [6, 6.07) is 0.201. The Labute approximate surface area is 123 Å². The van der Waals surface area contributed by atoms with Gasteiger partial charge < -0.3 is 5.32 Å². The lowest BCUT2D eigenvalue weighted by molar-refractivity contribution is 0.243. The van der Waals surface area contributed by atoms with Crippen molar-refractivity contribution in [1.82, 2.24) is 13.9 Å². The number of hydrogen-bond donors (Lipinski definition) is 1. The van der Waals surface area contributed by atoms with Crippen molar-refractivity contribution in [2.24, 2.45) is 5.92 Å². The fourth-order valence-electron chi connectivity index (χ4n) is 2.82. The summed E-state index contributed by atoms with van der Waals surface area (Å²) in [5, 5.41) is 3.33. The minimum atomic E-state index is -3.31. The lowest BCUT2D eigenvalue weighted by atomic mass is 10.00. The Kier molecular flexibility index (Phi) is 5.60. The average molecular weight is 301 g/mol. The monoisotopic (exact) mass is 301 g/mol. The Hall–Kier alpha value is -0.430. The first kappa shape index (κ1) is 15.9. The molecule has 2 aliphatic rings. The molecular formula is C14H27N3O2S. The fraction of sp³-hybridized carbons (Fsp3) is 0.857. The van der Waals surface area contributed by atoms with Gasteiger partial charge in [-0.1, -0.05) is 13.0 Å². The molecule has 1 heterocycles.